The first-order valence-corrected chi connectivity index (χ1v) is 16.0. The van der Waals surface area contributed by atoms with Crippen LogP contribution in [0.4, 0.5) is 53.6 Å². The first-order chi connectivity index (χ1) is 21.6. The van der Waals surface area contributed by atoms with Crippen molar-refractivity contribution in [1.29, 1.82) is 0 Å². The summed E-state index contributed by atoms with van der Waals surface area (Å²) in [6.07, 6.45) is -10.0. The van der Waals surface area contributed by atoms with Gasteiger partial charge in [-0.05, 0) is 39.5 Å². The molecule has 0 aromatic heterocycles. The molecule has 294 valence electrons. The third-order valence-electron chi connectivity index (χ3n) is 9.62. The van der Waals surface area contributed by atoms with Crippen molar-refractivity contribution in [3.05, 3.63) is 0 Å². The van der Waals surface area contributed by atoms with Gasteiger partial charge in [0.25, 0.3) is 17.8 Å². The zero-order chi connectivity index (χ0) is 33.8. The van der Waals surface area contributed by atoms with Crippen molar-refractivity contribution in [2.75, 3.05) is 85.5 Å². The highest BCUT2D eigenvalue weighted by atomic mass is 19.4. The van der Waals surface area contributed by atoms with E-state index >= 15 is 0 Å². The average Bonchev–Trinajstić information content (AvgIpc) is 3.76. The van der Waals surface area contributed by atoms with Crippen LogP contribution in [-0.2, 0) is 23.7 Å². The Balaban J connectivity index is 0.000000539. The molecular weight excluding hydrogens is 698 g/mol. The minimum Gasteiger partial charge on any atom is -0.379 e. The summed E-state index contributed by atoms with van der Waals surface area (Å²) < 4.78 is 154. The molecule has 0 bridgehead atoms. The molecule has 49 heavy (non-hydrogen) atoms. The number of hydrogen-bond donors (Lipinski definition) is 0. The molecule has 5 aliphatic heterocycles. The summed E-state index contributed by atoms with van der Waals surface area (Å²) in [5.74, 6) is -10.6. The lowest BCUT2D eigenvalue weighted by atomic mass is 9.97. The maximum Gasteiger partial charge on any atom is 0.410 e. The molecule has 0 spiro atoms. The third-order valence-corrected chi connectivity index (χ3v) is 9.62. The summed E-state index contributed by atoms with van der Waals surface area (Å²) in [5.41, 5.74) is 0. The van der Waals surface area contributed by atoms with E-state index < -0.39 is 73.2 Å². The third kappa shape index (κ3) is 10.9. The van der Waals surface area contributed by atoms with Gasteiger partial charge in [-0.2, -0.15) is 13.2 Å². The highest BCUT2D eigenvalue weighted by Gasteiger charge is 2.65. The lowest BCUT2D eigenvalue weighted by Crippen LogP contribution is -2.63. The predicted molar refractivity (Wildman–Crippen MR) is 155 cm³/mol. The molecule has 5 saturated heterocycles. The van der Waals surface area contributed by atoms with E-state index in [-0.39, 0.29) is 66.7 Å². The Morgan fingerprint density at radius 1 is 0.490 bits per heavy atom. The van der Waals surface area contributed by atoms with Crippen LogP contribution >= 0.6 is 0 Å². The molecule has 5 fully saturated rings. The summed E-state index contributed by atoms with van der Waals surface area (Å²) in [7, 11) is 0. The van der Waals surface area contributed by atoms with Gasteiger partial charge in [0.1, 0.15) is 18.3 Å². The standard InChI is InChI=1S/C18H27F7N2O3.C11H19F2NO2.3FH/c1-12(26-4-8-28-9-5-26)16(19,20)13-2-3-14(30-13)17(21,22)15(18(23,24)25)27-6-10-29-11-7-27;1-9(14-4-7-15-8-5-14)11(12,13)10-3-2-6-16-10;;;/h12-15H,2-11H2,1H3;9-10H,2-8H2,1H3;3*1H. The van der Waals surface area contributed by atoms with Crippen LogP contribution in [0.25, 0.3) is 0 Å². The van der Waals surface area contributed by atoms with Crippen molar-refractivity contribution in [1.82, 2.24) is 14.7 Å². The Labute approximate surface area is 277 Å². The van der Waals surface area contributed by atoms with Crippen LogP contribution in [-0.4, -0.2) is 161 Å². The van der Waals surface area contributed by atoms with Crippen molar-refractivity contribution >= 4 is 0 Å². The number of ether oxygens (including phenoxy) is 5. The first-order valence-electron chi connectivity index (χ1n) is 16.0. The average molecular weight is 748 g/mol. The van der Waals surface area contributed by atoms with Gasteiger partial charge < -0.3 is 23.7 Å². The van der Waals surface area contributed by atoms with Crippen LogP contribution in [0.2, 0.25) is 0 Å². The molecule has 20 heteroatoms. The SMILES string of the molecule is CC(N1CCOCC1)C(F)(F)C1CCC(C(F)(F)C(N2CCOCC2)C(F)(F)F)O1.CC(N1CCOCC1)C(F)(F)C1CCCO1.F.F.F. The van der Waals surface area contributed by atoms with Gasteiger partial charge in [0.2, 0.25) is 0 Å². The van der Waals surface area contributed by atoms with Gasteiger partial charge in [0, 0.05) is 45.9 Å². The van der Waals surface area contributed by atoms with Gasteiger partial charge in [-0.25, -0.2) is 26.3 Å². The molecule has 5 heterocycles. The Morgan fingerprint density at radius 3 is 1.22 bits per heavy atom. The van der Waals surface area contributed by atoms with Gasteiger partial charge >= 0.3 is 6.18 Å². The molecule has 0 amide bonds. The van der Waals surface area contributed by atoms with Crippen LogP contribution in [0.5, 0.6) is 0 Å². The molecule has 5 aliphatic rings. The maximum atomic E-state index is 15.0. The molecule has 0 N–H and O–H groups in total. The van der Waals surface area contributed by atoms with E-state index in [4.69, 9.17) is 23.7 Å². The van der Waals surface area contributed by atoms with Crippen LogP contribution in [0.3, 0.4) is 0 Å². The summed E-state index contributed by atoms with van der Waals surface area (Å²) in [6, 6.07) is -5.18. The van der Waals surface area contributed by atoms with Gasteiger partial charge in [-0.1, -0.05) is 0 Å². The lowest BCUT2D eigenvalue weighted by molar-refractivity contribution is -0.284. The second-order valence-corrected chi connectivity index (χ2v) is 12.5. The summed E-state index contributed by atoms with van der Waals surface area (Å²) >= 11 is 0. The number of morpholine rings is 3. The van der Waals surface area contributed by atoms with E-state index in [1.165, 1.54) is 11.8 Å². The Bertz CT molecular complexity index is 933. The highest BCUT2D eigenvalue weighted by molar-refractivity contribution is 5.02. The van der Waals surface area contributed by atoms with Crippen LogP contribution in [0.15, 0.2) is 0 Å². The van der Waals surface area contributed by atoms with Crippen LogP contribution < -0.4 is 0 Å². The quantitative estimate of drug-likeness (QED) is 0.313. The number of alkyl halides is 9. The monoisotopic (exact) mass is 747 g/mol. The Kier molecular flexibility index (Phi) is 17.8. The van der Waals surface area contributed by atoms with E-state index in [2.05, 4.69) is 0 Å². The van der Waals surface area contributed by atoms with Crippen molar-refractivity contribution in [3.8, 4) is 0 Å². The van der Waals surface area contributed by atoms with Gasteiger partial charge in [-0.3, -0.25) is 28.8 Å². The van der Waals surface area contributed by atoms with Crippen LogP contribution in [0.1, 0.15) is 39.5 Å². The van der Waals surface area contributed by atoms with Gasteiger partial charge in [0.05, 0.1) is 51.7 Å². The summed E-state index contributed by atoms with van der Waals surface area (Å²) in [5, 5.41) is 0. The van der Waals surface area contributed by atoms with Crippen molar-refractivity contribution in [2.24, 2.45) is 0 Å². The van der Waals surface area contributed by atoms with Crippen molar-refractivity contribution in [3.63, 3.8) is 0 Å². The summed E-state index contributed by atoms with van der Waals surface area (Å²) in [6.45, 7) is 5.82. The number of nitrogens with zero attached hydrogens (tertiary/aromatic N) is 3. The maximum absolute atomic E-state index is 15.0. The molecule has 5 rings (SSSR count). The lowest BCUT2D eigenvalue weighted by Gasteiger charge is -2.42. The zero-order valence-electron chi connectivity index (χ0n) is 27.5. The summed E-state index contributed by atoms with van der Waals surface area (Å²) in [4.78, 5) is 3.88. The van der Waals surface area contributed by atoms with Crippen LogP contribution in [0, 0.1) is 0 Å². The molecule has 0 aliphatic carbocycles. The first kappa shape index (κ1) is 45.9. The fourth-order valence-corrected chi connectivity index (χ4v) is 6.72. The molecular formula is C29H49F12N3O5. The fourth-order valence-electron chi connectivity index (χ4n) is 6.72. The minimum absolute atomic E-state index is 0. The van der Waals surface area contributed by atoms with Crippen molar-refractivity contribution < 1.29 is 77.3 Å². The second-order valence-electron chi connectivity index (χ2n) is 12.5. The van der Waals surface area contributed by atoms with E-state index in [9.17, 15) is 39.5 Å². The Hall–Kier alpha value is -1.16. The zero-order valence-corrected chi connectivity index (χ0v) is 27.5. The van der Waals surface area contributed by atoms with E-state index in [1.54, 1.807) is 11.8 Å². The molecule has 8 nitrogen and oxygen atoms in total. The minimum atomic E-state index is -5.24. The largest absolute Gasteiger partial charge is 0.410 e. The van der Waals surface area contributed by atoms with E-state index in [0.717, 1.165) is 6.42 Å². The molecule has 6 unspecified atom stereocenters. The van der Waals surface area contributed by atoms with Gasteiger partial charge in [-0.15, -0.1) is 0 Å². The van der Waals surface area contributed by atoms with Crippen molar-refractivity contribution in [2.45, 2.75) is 99.9 Å². The Morgan fingerprint density at radius 2 is 0.857 bits per heavy atom. The smallest absolute Gasteiger partial charge is 0.379 e. The molecule has 6 atom stereocenters. The topological polar surface area (TPSA) is 55.9 Å². The van der Waals surface area contributed by atoms with E-state index in [0.29, 0.717) is 44.2 Å². The molecule has 0 aromatic rings. The number of hydrogen-bond acceptors (Lipinski definition) is 8. The van der Waals surface area contributed by atoms with E-state index in [1.807, 2.05) is 0 Å². The number of halogens is 12. The fraction of sp³-hybridized carbons (Fsp3) is 1.00. The normalized spacial score (nSPS) is 28.6. The number of rotatable bonds is 9. The molecule has 0 radical (unpaired) electrons. The molecule has 0 saturated carbocycles. The second kappa shape index (κ2) is 19.1. The molecule has 0 aromatic carbocycles. The predicted octanol–water partition coefficient (Wildman–Crippen LogP) is 4.77. The van der Waals surface area contributed by atoms with Gasteiger partial charge in [0.15, 0.2) is 6.04 Å². The highest BCUT2D eigenvalue weighted by Crippen LogP contribution is 2.46.